The van der Waals surface area contributed by atoms with Crippen LogP contribution in [0, 0.1) is 17.6 Å². The van der Waals surface area contributed by atoms with E-state index in [-0.39, 0.29) is 30.6 Å². The Morgan fingerprint density at radius 1 is 1.16 bits per heavy atom. The van der Waals surface area contributed by atoms with Crippen LogP contribution in [0.4, 0.5) is 8.78 Å². The van der Waals surface area contributed by atoms with Crippen molar-refractivity contribution in [2.75, 3.05) is 6.54 Å². The van der Waals surface area contributed by atoms with Gasteiger partial charge in [-0.2, -0.15) is 0 Å². The van der Waals surface area contributed by atoms with E-state index in [0.29, 0.717) is 5.56 Å². The lowest BCUT2D eigenvalue weighted by molar-refractivity contribution is -0.123. The monoisotopic (exact) mass is 350 g/mol. The van der Waals surface area contributed by atoms with Gasteiger partial charge in [0.1, 0.15) is 17.7 Å². The number of halogens is 2. The predicted octanol–water partition coefficient (Wildman–Crippen LogP) is 2.67. The summed E-state index contributed by atoms with van der Waals surface area (Å²) >= 11 is 0. The Morgan fingerprint density at radius 3 is 2.40 bits per heavy atom. The van der Waals surface area contributed by atoms with Gasteiger partial charge < -0.3 is 15.1 Å². The van der Waals surface area contributed by atoms with Crippen molar-refractivity contribution >= 4 is 11.8 Å². The predicted molar refractivity (Wildman–Crippen MR) is 87.9 cm³/mol. The Hall–Kier alpha value is -2.70. The lowest BCUT2D eigenvalue weighted by atomic mass is 10.0. The molecular weight excluding hydrogens is 330 g/mol. The highest BCUT2D eigenvalue weighted by Gasteiger charge is 2.25. The zero-order chi connectivity index (χ0) is 18.4. The molecule has 2 aromatic rings. The average molecular weight is 350 g/mol. The summed E-state index contributed by atoms with van der Waals surface area (Å²) in [5.41, 5.74) is 0.443. The molecule has 25 heavy (non-hydrogen) atoms. The molecule has 1 aromatic heterocycles. The summed E-state index contributed by atoms with van der Waals surface area (Å²) in [5.74, 6) is -2.20. The van der Waals surface area contributed by atoms with Crippen LogP contribution in [0.2, 0.25) is 0 Å². The van der Waals surface area contributed by atoms with Crippen molar-refractivity contribution in [3.05, 3.63) is 59.6 Å². The third-order valence-electron chi connectivity index (χ3n) is 3.62. The first kappa shape index (κ1) is 18.6. The molecule has 0 aliphatic carbocycles. The van der Waals surface area contributed by atoms with Crippen LogP contribution < -0.4 is 10.6 Å². The van der Waals surface area contributed by atoms with Crippen molar-refractivity contribution in [3.63, 3.8) is 0 Å². The number of carbonyl (C=O) groups is 2. The van der Waals surface area contributed by atoms with E-state index in [9.17, 15) is 18.4 Å². The van der Waals surface area contributed by atoms with Crippen molar-refractivity contribution in [2.24, 2.45) is 5.92 Å². The van der Waals surface area contributed by atoms with Crippen LogP contribution in [0.3, 0.4) is 0 Å². The molecule has 2 rings (SSSR count). The van der Waals surface area contributed by atoms with Gasteiger partial charge in [0.25, 0.3) is 5.91 Å². The first-order valence-corrected chi connectivity index (χ1v) is 7.94. The first-order valence-electron chi connectivity index (χ1n) is 7.94. The molecule has 0 bridgehead atoms. The van der Waals surface area contributed by atoms with Gasteiger partial charge in [-0.3, -0.25) is 9.59 Å². The standard InChI is InChI=1S/C18H20F2N2O3/c1-11(2)16(22-17(23)15-4-3-7-25-15)18(24)21-6-5-12-8-13(19)10-14(20)9-12/h3-4,7-11,16H,5-6H2,1-2H3,(H,21,24)(H,22,23). The Bertz CT molecular complexity index is 710. The van der Waals surface area contributed by atoms with Gasteiger partial charge in [0, 0.05) is 12.6 Å². The molecule has 134 valence electrons. The van der Waals surface area contributed by atoms with E-state index in [1.165, 1.54) is 24.5 Å². The van der Waals surface area contributed by atoms with Crippen molar-refractivity contribution in [1.29, 1.82) is 0 Å². The van der Waals surface area contributed by atoms with Gasteiger partial charge in [-0.1, -0.05) is 13.8 Å². The molecule has 0 aliphatic rings. The summed E-state index contributed by atoms with van der Waals surface area (Å²) in [7, 11) is 0. The van der Waals surface area contributed by atoms with Crippen molar-refractivity contribution in [3.8, 4) is 0 Å². The maximum absolute atomic E-state index is 13.1. The van der Waals surface area contributed by atoms with Crippen LogP contribution in [0.5, 0.6) is 0 Å². The molecule has 0 fully saturated rings. The number of amides is 2. The maximum Gasteiger partial charge on any atom is 0.287 e. The molecule has 1 aromatic carbocycles. The lowest BCUT2D eigenvalue weighted by Gasteiger charge is -2.21. The summed E-state index contributed by atoms with van der Waals surface area (Å²) in [6, 6.07) is 5.56. The molecule has 7 heteroatoms. The fraction of sp³-hybridized carbons (Fsp3) is 0.333. The number of carbonyl (C=O) groups excluding carboxylic acids is 2. The number of hydrogen-bond donors (Lipinski definition) is 2. The molecule has 0 aliphatic heterocycles. The summed E-state index contributed by atoms with van der Waals surface area (Å²) in [5, 5.41) is 5.29. The normalized spacial score (nSPS) is 12.0. The second-order valence-electron chi connectivity index (χ2n) is 5.99. The van der Waals surface area contributed by atoms with Crippen LogP contribution in [-0.4, -0.2) is 24.4 Å². The third-order valence-corrected chi connectivity index (χ3v) is 3.62. The van der Waals surface area contributed by atoms with E-state index in [0.717, 1.165) is 6.07 Å². The van der Waals surface area contributed by atoms with E-state index < -0.39 is 23.6 Å². The number of furan rings is 1. The van der Waals surface area contributed by atoms with Crippen LogP contribution in [0.15, 0.2) is 41.0 Å². The summed E-state index contributed by atoms with van der Waals surface area (Å²) < 4.78 is 31.3. The van der Waals surface area contributed by atoms with Crippen molar-refractivity contribution < 1.29 is 22.8 Å². The van der Waals surface area contributed by atoms with Crippen molar-refractivity contribution in [1.82, 2.24) is 10.6 Å². The van der Waals surface area contributed by atoms with Gasteiger partial charge in [-0.05, 0) is 42.2 Å². The molecule has 5 nitrogen and oxygen atoms in total. The highest BCUT2D eigenvalue weighted by molar-refractivity contribution is 5.95. The highest BCUT2D eigenvalue weighted by Crippen LogP contribution is 2.09. The topological polar surface area (TPSA) is 71.3 Å². The van der Waals surface area contributed by atoms with Gasteiger partial charge in [0.2, 0.25) is 5.91 Å². The number of hydrogen-bond acceptors (Lipinski definition) is 3. The van der Waals surface area contributed by atoms with Crippen LogP contribution >= 0.6 is 0 Å². The first-order chi connectivity index (χ1) is 11.9. The molecule has 1 heterocycles. The third kappa shape index (κ3) is 5.41. The molecule has 2 N–H and O–H groups in total. The lowest BCUT2D eigenvalue weighted by Crippen LogP contribution is -2.50. The molecule has 2 amide bonds. The van der Waals surface area contributed by atoms with Crippen LogP contribution in [0.25, 0.3) is 0 Å². The smallest absolute Gasteiger partial charge is 0.287 e. The Labute approximate surface area is 144 Å². The molecule has 1 unspecified atom stereocenters. The summed E-state index contributed by atoms with van der Waals surface area (Å²) in [6.45, 7) is 3.80. The fourth-order valence-corrected chi connectivity index (χ4v) is 2.35. The Morgan fingerprint density at radius 2 is 1.84 bits per heavy atom. The van der Waals surface area contributed by atoms with Gasteiger partial charge in [-0.25, -0.2) is 8.78 Å². The summed E-state index contributed by atoms with van der Waals surface area (Å²) in [6.07, 6.45) is 1.65. The SMILES string of the molecule is CC(C)C(NC(=O)c1ccco1)C(=O)NCCc1cc(F)cc(F)c1. The Balaban J connectivity index is 1.90. The highest BCUT2D eigenvalue weighted by atomic mass is 19.1. The van der Waals surface area contributed by atoms with Gasteiger partial charge in [-0.15, -0.1) is 0 Å². The zero-order valence-electron chi connectivity index (χ0n) is 14.0. The van der Waals surface area contributed by atoms with E-state index in [1.54, 1.807) is 19.9 Å². The van der Waals surface area contributed by atoms with E-state index in [2.05, 4.69) is 10.6 Å². The molecule has 0 saturated heterocycles. The quantitative estimate of drug-likeness (QED) is 0.806. The van der Waals surface area contributed by atoms with Crippen LogP contribution in [-0.2, 0) is 11.2 Å². The summed E-state index contributed by atoms with van der Waals surface area (Å²) in [4.78, 5) is 24.3. The second kappa shape index (κ2) is 8.41. The average Bonchev–Trinajstić information content (AvgIpc) is 3.05. The number of rotatable bonds is 7. The number of nitrogens with one attached hydrogen (secondary N) is 2. The Kier molecular flexibility index (Phi) is 6.27. The van der Waals surface area contributed by atoms with Crippen LogP contribution in [0.1, 0.15) is 30.0 Å². The minimum Gasteiger partial charge on any atom is -0.459 e. The van der Waals surface area contributed by atoms with Crippen molar-refractivity contribution in [2.45, 2.75) is 26.3 Å². The molecule has 0 saturated carbocycles. The molecule has 1 atom stereocenters. The van der Waals surface area contributed by atoms with E-state index in [4.69, 9.17) is 4.42 Å². The molecular formula is C18H20F2N2O3. The van der Waals surface area contributed by atoms with Gasteiger partial charge in [0.15, 0.2) is 5.76 Å². The molecule has 0 radical (unpaired) electrons. The van der Waals surface area contributed by atoms with E-state index >= 15 is 0 Å². The maximum atomic E-state index is 13.1. The van der Waals surface area contributed by atoms with Gasteiger partial charge >= 0.3 is 0 Å². The zero-order valence-corrected chi connectivity index (χ0v) is 14.0. The second-order valence-corrected chi connectivity index (χ2v) is 5.99. The molecule has 0 spiro atoms. The largest absolute Gasteiger partial charge is 0.459 e. The van der Waals surface area contributed by atoms with Gasteiger partial charge in [0.05, 0.1) is 6.26 Å². The minimum absolute atomic E-state index is 0.119. The number of benzene rings is 1. The fourth-order valence-electron chi connectivity index (χ4n) is 2.35. The minimum atomic E-state index is -0.748. The van der Waals surface area contributed by atoms with E-state index in [1.807, 2.05) is 0 Å².